The molecule has 0 heterocycles. The van der Waals surface area contributed by atoms with E-state index in [1.165, 1.54) is 0 Å². The van der Waals surface area contributed by atoms with E-state index < -0.39 is 22.2 Å². The van der Waals surface area contributed by atoms with Gasteiger partial charge in [-0.2, -0.15) is 0 Å². The van der Waals surface area contributed by atoms with E-state index >= 15 is 0 Å². The van der Waals surface area contributed by atoms with E-state index in [0.717, 1.165) is 0 Å². The second kappa shape index (κ2) is 11.1. The minimum Gasteiger partial charge on any atom is -0.329 e. The van der Waals surface area contributed by atoms with Gasteiger partial charge in [0, 0.05) is 13.1 Å². The molecular weight excluding hydrogens is 204 g/mol. The summed E-state index contributed by atoms with van der Waals surface area (Å²) in [5.41, 5.74) is 9.75. The molecule has 0 aliphatic rings. The fourth-order valence-corrected chi connectivity index (χ4v) is 0.605. The molecular formula is C4H14N2O4S2. The van der Waals surface area contributed by atoms with Gasteiger partial charge in [0.1, 0.15) is 0 Å². The first-order chi connectivity index (χ1) is 5.54. The van der Waals surface area contributed by atoms with Gasteiger partial charge in [0.15, 0.2) is 22.2 Å². The molecule has 0 aliphatic heterocycles. The van der Waals surface area contributed by atoms with E-state index in [2.05, 4.69) is 0 Å². The van der Waals surface area contributed by atoms with E-state index in [9.17, 15) is 8.42 Å². The standard InChI is InChI=1S/2C2H7NO2S/c2*3-1-2-6(4)5/h2*1-3H2,(H,4,5). The summed E-state index contributed by atoms with van der Waals surface area (Å²) >= 11 is -3.38. The molecule has 0 spiro atoms. The van der Waals surface area contributed by atoms with Crippen molar-refractivity contribution in [2.45, 2.75) is 0 Å². The lowest BCUT2D eigenvalue weighted by atomic mass is 10.8. The summed E-state index contributed by atoms with van der Waals surface area (Å²) in [4.78, 5) is 0. The summed E-state index contributed by atoms with van der Waals surface area (Å²) in [6.07, 6.45) is 0. The maximum absolute atomic E-state index is 9.63. The topological polar surface area (TPSA) is 127 Å². The smallest absolute Gasteiger partial charge is 0.154 e. The molecule has 2 unspecified atom stereocenters. The summed E-state index contributed by atoms with van der Waals surface area (Å²) < 4.78 is 35.2. The van der Waals surface area contributed by atoms with Crippen molar-refractivity contribution in [1.29, 1.82) is 0 Å². The average Bonchev–Trinajstić information content (AvgIpc) is 1.87. The second-order valence-electron chi connectivity index (χ2n) is 1.63. The highest BCUT2D eigenvalue weighted by molar-refractivity contribution is 7.79. The van der Waals surface area contributed by atoms with Gasteiger partial charge in [0.2, 0.25) is 0 Å². The first-order valence-corrected chi connectivity index (χ1v) is 5.64. The minimum atomic E-state index is -1.69. The molecule has 8 heteroatoms. The van der Waals surface area contributed by atoms with Crippen LogP contribution in [0.2, 0.25) is 0 Å². The van der Waals surface area contributed by atoms with Gasteiger partial charge < -0.3 is 20.6 Å². The number of nitrogens with two attached hydrogens (primary N) is 2. The Morgan fingerprint density at radius 3 is 1.17 bits per heavy atom. The Morgan fingerprint density at radius 2 is 1.17 bits per heavy atom. The third-order valence-corrected chi connectivity index (χ3v) is 1.75. The Bertz CT molecular complexity index is 127. The zero-order valence-electron chi connectivity index (χ0n) is 6.51. The Hall–Kier alpha value is 0.140. The van der Waals surface area contributed by atoms with Crippen molar-refractivity contribution in [2.75, 3.05) is 24.6 Å². The van der Waals surface area contributed by atoms with E-state index in [0.29, 0.717) is 0 Å². The van der Waals surface area contributed by atoms with Crippen LogP contribution in [0.5, 0.6) is 0 Å². The van der Waals surface area contributed by atoms with Crippen LogP contribution < -0.4 is 11.5 Å². The zero-order valence-corrected chi connectivity index (χ0v) is 8.14. The van der Waals surface area contributed by atoms with Crippen molar-refractivity contribution in [3.8, 4) is 0 Å². The molecule has 6 nitrogen and oxygen atoms in total. The van der Waals surface area contributed by atoms with E-state index in [-0.39, 0.29) is 24.6 Å². The van der Waals surface area contributed by atoms with Crippen molar-refractivity contribution in [2.24, 2.45) is 11.5 Å². The number of hydrogen-bond donors (Lipinski definition) is 4. The van der Waals surface area contributed by atoms with Gasteiger partial charge in [-0.25, -0.2) is 8.42 Å². The van der Waals surface area contributed by atoms with Crippen molar-refractivity contribution >= 4 is 22.2 Å². The van der Waals surface area contributed by atoms with Crippen molar-refractivity contribution < 1.29 is 17.5 Å². The van der Waals surface area contributed by atoms with Gasteiger partial charge >= 0.3 is 0 Å². The summed E-state index contributed by atoms with van der Waals surface area (Å²) in [5.74, 6) is 0.361. The van der Waals surface area contributed by atoms with Crippen molar-refractivity contribution in [3.63, 3.8) is 0 Å². The highest BCUT2D eigenvalue weighted by Crippen LogP contribution is 1.64. The molecule has 0 amide bonds. The summed E-state index contributed by atoms with van der Waals surface area (Å²) in [5, 5.41) is 0. The lowest BCUT2D eigenvalue weighted by Gasteiger charge is -1.82. The lowest BCUT2D eigenvalue weighted by Crippen LogP contribution is -2.08. The van der Waals surface area contributed by atoms with E-state index in [4.69, 9.17) is 20.6 Å². The van der Waals surface area contributed by atoms with Gasteiger partial charge in [-0.3, -0.25) is 0 Å². The van der Waals surface area contributed by atoms with Crippen molar-refractivity contribution in [3.05, 3.63) is 0 Å². The van der Waals surface area contributed by atoms with Crippen molar-refractivity contribution in [1.82, 2.24) is 0 Å². The fraction of sp³-hybridized carbons (Fsp3) is 1.00. The van der Waals surface area contributed by atoms with Crippen LogP contribution in [0.4, 0.5) is 0 Å². The van der Waals surface area contributed by atoms with Gasteiger partial charge in [-0.15, -0.1) is 0 Å². The Morgan fingerprint density at radius 1 is 0.917 bits per heavy atom. The third-order valence-electron chi connectivity index (χ3n) is 0.585. The van der Waals surface area contributed by atoms with Crippen LogP contribution in [-0.2, 0) is 22.2 Å². The lowest BCUT2D eigenvalue weighted by molar-refractivity contribution is 0.562. The van der Waals surface area contributed by atoms with E-state index in [1.807, 2.05) is 0 Å². The molecule has 0 bridgehead atoms. The fourth-order valence-electron chi connectivity index (χ4n) is 0.202. The molecule has 0 aromatic carbocycles. The first kappa shape index (κ1) is 14.7. The number of rotatable bonds is 4. The molecule has 76 valence electrons. The monoisotopic (exact) mass is 218 g/mol. The summed E-state index contributed by atoms with van der Waals surface area (Å²) in [6.45, 7) is 0.562. The molecule has 0 radical (unpaired) electrons. The average molecular weight is 218 g/mol. The molecule has 0 saturated heterocycles. The van der Waals surface area contributed by atoms with Gasteiger partial charge in [0.25, 0.3) is 0 Å². The number of hydrogen-bond acceptors (Lipinski definition) is 4. The van der Waals surface area contributed by atoms with Crippen LogP contribution in [0.15, 0.2) is 0 Å². The van der Waals surface area contributed by atoms with Crippen LogP contribution >= 0.6 is 0 Å². The highest BCUT2D eigenvalue weighted by atomic mass is 32.2. The SMILES string of the molecule is NCCS(=O)O.NCCS(=O)O. The highest BCUT2D eigenvalue weighted by Gasteiger charge is 1.84. The predicted molar refractivity (Wildman–Crippen MR) is 49.4 cm³/mol. The molecule has 6 N–H and O–H groups in total. The largest absolute Gasteiger partial charge is 0.329 e. The maximum atomic E-state index is 9.63. The van der Waals surface area contributed by atoms with E-state index in [1.54, 1.807) is 0 Å². The minimum absolute atomic E-state index is 0.181. The molecule has 12 heavy (non-hydrogen) atoms. The maximum Gasteiger partial charge on any atom is 0.154 e. The molecule has 2 atom stereocenters. The Balaban J connectivity index is 0. The molecule has 0 rings (SSSR count). The third kappa shape index (κ3) is 22.5. The normalized spacial score (nSPS) is 14.3. The first-order valence-electron chi connectivity index (χ1n) is 3.09. The van der Waals surface area contributed by atoms with Gasteiger partial charge in [0.05, 0.1) is 11.5 Å². The van der Waals surface area contributed by atoms with Gasteiger partial charge in [-0.1, -0.05) is 0 Å². The van der Waals surface area contributed by atoms with Crippen LogP contribution in [0, 0.1) is 0 Å². The molecule has 0 aromatic heterocycles. The van der Waals surface area contributed by atoms with Crippen LogP contribution in [-0.4, -0.2) is 42.1 Å². The molecule has 0 fully saturated rings. The van der Waals surface area contributed by atoms with Gasteiger partial charge in [-0.05, 0) is 0 Å². The Kier molecular flexibility index (Phi) is 13.6. The van der Waals surface area contributed by atoms with Crippen LogP contribution in [0.25, 0.3) is 0 Å². The quantitative estimate of drug-likeness (QED) is 0.418. The molecule has 0 aromatic rings. The predicted octanol–water partition coefficient (Wildman–Crippen LogP) is -1.67. The second-order valence-corrected chi connectivity index (χ2v) is 3.73. The van der Waals surface area contributed by atoms with Crippen LogP contribution in [0.3, 0.4) is 0 Å². The van der Waals surface area contributed by atoms with Crippen LogP contribution in [0.1, 0.15) is 0 Å². The Labute approximate surface area is 76.3 Å². The molecule has 0 aliphatic carbocycles. The zero-order chi connectivity index (χ0) is 9.98. The summed E-state index contributed by atoms with van der Waals surface area (Å²) in [7, 11) is 0. The molecule has 0 saturated carbocycles. The summed E-state index contributed by atoms with van der Waals surface area (Å²) in [6, 6.07) is 0.